The van der Waals surface area contributed by atoms with E-state index in [1.165, 1.54) is 0 Å². The molecular formula is C24H39NO6. The highest BCUT2D eigenvalue weighted by Gasteiger charge is 2.88. The van der Waals surface area contributed by atoms with Crippen LogP contribution in [0.3, 0.4) is 0 Å². The molecule has 7 heteroatoms. The van der Waals surface area contributed by atoms with Crippen LogP contribution in [0.2, 0.25) is 0 Å². The number of methoxy groups -OCH3 is 3. The molecule has 0 aromatic carbocycles. The highest BCUT2D eigenvalue weighted by atomic mass is 16.5. The van der Waals surface area contributed by atoms with Crippen LogP contribution in [-0.4, -0.2) is 96.8 Å². The number of ether oxygens (including phenoxy) is 3. The summed E-state index contributed by atoms with van der Waals surface area (Å²) in [5.74, 6) is -0.497. The maximum absolute atomic E-state index is 12.8. The van der Waals surface area contributed by atoms with Gasteiger partial charge in [-0.05, 0) is 38.1 Å². The minimum Gasteiger partial charge on any atom is -0.392 e. The van der Waals surface area contributed by atoms with E-state index in [0.717, 1.165) is 32.4 Å². The van der Waals surface area contributed by atoms with Crippen LogP contribution in [0.5, 0.6) is 0 Å². The number of aliphatic hydroxyl groups is 3. The lowest BCUT2D eigenvalue weighted by molar-refractivity contribution is -0.328. The molecule has 0 amide bonds. The summed E-state index contributed by atoms with van der Waals surface area (Å²) in [5, 5.41) is 36.6. The number of rotatable bonds is 5. The fourth-order valence-corrected chi connectivity index (χ4v) is 10.7. The Morgan fingerprint density at radius 2 is 1.87 bits per heavy atom. The Balaban J connectivity index is 1.63. The van der Waals surface area contributed by atoms with Crippen molar-refractivity contribution in [3.8, 4) is 0 Å². The van der Waals surface area contributed by atoms with Gasteiger partial charge in [-0.2, -0.15) is 0 Å². The first-order valence-corrected chi connectivity index (χ1v) is 12.2. The Bertz CT molecular complexity index is 766. The van der Waals surface area contributed by atoms with Gasteiger partial charge in [-0.1, -0.05) is 6.92 Å². The van der Waals surface area contributed by atoms with E-state index < -0.39 is 28.6 Å². The van der Waals surface area contributed by atoms with E-state index >= 15 is 0 Å². The number of aliphatic hydroxyl groups excluding tert-OH is 1. The van der Waals surface area contributed by atoms with Crippen molar-refractivity contribution in [3.05, 3.63) is 0 Å². The van der Waals surface area contributed by atoms with Crippen molar-refractivity contribution in [3.63, 3.8) is 0 Å². The lowest BCUT2D eigenvalue weighted by atomic mass is 9.41. The molecule has 0 aromatic rings. The molecule has 7 bridgehead atoms. The van der Waals surface area contributed by atoms with Crippen molar-refractivity contribution in [2.24, 2.45) is 34.5 Å². The predicted octanol–water partition coefficient (Wildman–Crippen LogP) is 0.646. The topological polar surface area (TPSA) is 91.6 Å². The van der Waals surface area contributed by atoms with E-state index in [1.54, 1.807) is 21.3 Å². The summed E-state index contributed by atoms with van der Waals surface area (Å²) in [6.45, 7) is 4.66. The van der Waals surface area contributed by atoms with Gasteiger partial charge in [0.1, 0.15) is 0 Å². The van der Waals surface area contributed by atoms with Gasteiger partial charge in [-0.3, -0.25) is 4.90 Å². The summed E-state index contributed by atoms with van der Waals surface area (Å²) in [5.41, 5.74) is -2.88. The maximum atomic E-state index is 12.8. The molecular weight excluding hydrogens is 398 g/mol. The summed E-state index contributed by atoms with van der Waals surface area (Å²) in [6, 6.07) is 0.0468. The Morgan fingerprint density at radius 3 is 2.52 bits per heavy atom. The zero-order valence-corrected chi connectivity index (χ0v) is 19.3. The van der Waals surface area contributed by atoms with Gasteiger partial charge >= 0.3 is 0 Å². The fraction of sp³-hybridized carbons (Fsp3) is 1.00. The smallest absolute Gasteiger partial charge is 0.0831 e. The van der Waals surface area contributed by atoms with Crippen LogP contribution in [-0.2, 0) is 14.2 Å². The zero-order valence-electron chi connectivity index (χ0n) is 19.3. The van der Waals surface area contributed by atoms with Gasteiger partial charge in [-0.15, -0.1) is 0 Å². The summed E-state index contributed by atoms with van der Waals surface area (Å²) in [6.07, 6.45) is 2.64. The second kappa shape index (κ2) is 6.44. The molecule has 1 heterocycles. The number of piperidine rings is 1. The van der Waals surface area contributed by atoms with Crippen molar-refractivity contribution in [2.75, 3.05) is 41.0 Å². The van der Waals surface area contributed by atoms with Crippen molar-refractivity contribution in [2.45, 2.75) is 74.6 Å². The number of hydrogen-bond acceptors (Lipinski definition) is 7. The largest absolute Gasteiger partial charge is 0.392 e. The molecule has 176 valence electrons. The second-order valence-corrected chi connectivity index (χ2v) is 11.6. The molecule has 31 heavy (non-hydrogen) atoms. The van der Waals surface area contributed by atoms with E-state index in [2.05, 4.69) is 11.8 Å². The zero-order chi connectivity index (χ0) is 22.0. The Hall–Kier alpha value is -0.280. The van der Waals surface area contributed by atoms with Crippen molar-refractivity contribution in [1.29, 1.82) is 0 Å². The van der Waals surface area contributed by atoms with Gasteiger partial charge in [0.05, 0.1) is 36.1 Å². The lowest BCUT2D eigenvalue weighted by Crippen LogP contribution is -2.82. The van der Waals surface area contributed by atoms with Crippen LogP contribution in [0.1, 0.15) is 39.0 Å². The Labute approximate surface area is 185 Å². The van der Waals surface area contributed by atoms with Gasteiger partial charge in [0.15, 0.2) is 0 Å². The van der Waals surface area contributed by atoms with E-state index in [1.807, 2.05) is 0 Å². The molecule has 3 N–H and O–H groups in total. The summed E-state index contributed by atoms with van der Waals surface area (Å²) < 4.78 is 17.8. The fourth-order valence-electron chi connectivity index (χ4n) is 10.7. The minimum absolute atomic E-state index is 0.0106. The third-order valence-corrected chi connectivity index (χ3v) is 11.2. The molecule has 5 saturated carbocycles. The predicted molar refractivity (Wildman–Crippen MR) is 112 cm³/mol. The average Bonchev–Trinajstić information content (AvgIpc) is 3.14. The van der Waals surface area contributed by atoms with Crippen molar-refractivity contribution < 1.29 is 29.5 Å². The molecule has 6 aliphatic rings. The number of likely N-dealkylation sites (tertiary alicyclic amines) is 1. The normalized spacial score (nSPS) is 61.6. The second-order valence-electron chi connectivity index (χ2n) is 11.6. The molecule has 6 rings (SSSR count). The van der Waals surface area contributed by atoms with Gasteiger partial charge in [-0.25, -0.2) is 0 Å². The van der Waals surface area contributed by atoms with E-state index in [4.69, 9.17) is 14.2 Å². The molecule has 1 saturated heterocycles. The van der Waals surface area contributed by atoms with Gasteiger partial charge < -0.3 is 29.5 Å². The van der Waals surface area contributed by atoms with Crippen LogP contribution >= 0.6 is 0 Å². The quantitative estimate of drug-likeness (QED) is 0.582. The first-order chi connectivity index (χ1) is 14.8. The lowest BCUT2D eigenvalue weighted by Gasteiger charge is -2.71. The Kier molecular flexibility index (Phi) is 4.41. The molecule has 0 aromatic heterocycles. The molecule has 1 aliphatic heterocycles. The van der Waals surface area contributed by atoms with Gasteiger partial charge in [0.2, 0.25) is 0 Å². The van der Waals surface area contributed by atoms with E-state index in [0.29, 0.717) is 19.4 Å². The Morgan fingerprint density at radius 1 is 1.10 bits per heavy atom. The van der Waals surface area contributed by atoms with E-state index in [-0.39, 0.29) is 41.4 Å². The highest BCUT2D eigenvalue weighted by molar-refractivity contribution is 5.38. The first-order valence-electron chi connectivity index (χ1n) is 12.2. The molecule has 6 fully saturated rings. The molecule has 0 radical (unpaired) electrons. The standard InChI is InChI=1S/C24H39NO6/c1-5-25-11-21(12-29-2)7-6-17(31-4)24-16(21)8-14(20(24)25)22(27)10-15(30-3)13-9-23(24,28)19(22)18(13)26/h13-20,26-28H,5-12H2,1-4H3/t13-,14+,15+,16-,17+,18+,19-,20-,21+,22+,23+,24+/m1/s1. The highest BCUT2D eigenvalue weighted by Crippen LogP contribution is 2.80. The van der Waals surface area contributed by atoms with Crippen LogP contribution in [0.25, 0.3) is 0 Å². The number of fused-ring (bicyclic) bond motifs is 2. The maximum Gasteiger partial charge on any atom is 0.0831 e. The van der Waals surface area contributed by atoms with Crippen molar-refractivity contribution >= 4 is 0 Å². The van der Waals surface area contributed by atoms with Crippen LogP contribution in [0.4, 0.5) is 0 Å². The SMILES string of the molecule is CCN1C[C@]2(COC)CC[C@H](OC)[C@@]34[C@@H]2C[C@@H]([C@@H]13)[C@@]1(O)C[C@H](OC)[C@H]2C[C@]4(O)[C@@H]1[C@H]2O. The molecule has 1 spiro atoms. The van der Waals surface area contributed by atoms with Gasteiger partial charge in [0, 0.05) is 68.9 Å². The number of nitrogens with zero attached hydrogens (tertiary/aromatic N) is 1. The van der Waals surface area contributed by atoms with Crippen molar-refractivity contribution in [1.82, 2.24) is 4.90 Å². The first kappa shape index (κ1) is 21.3. The molecule has 7 nitrogen and oxygen atoms in total. The van der Waals surface area contributed by atoms with Crippen LogP contribution in [0.15, 0.2) is 0 Å². The summed E-state index contributed by atoms with van der Waals surface area (Å²) in [4.78, 5) is 2.52. The molecule has 0 unspecified atom stereocenters. The third kappa shape index (κ3) is 2.04. The van der Waals surface area contributed by atoms with E-state index in [9.17, 15) is 15.3 Å². The van der Waals surface area contributed by atoms with Crippen LogP contribution < -0.4 is 0 Å². The monoisotopic (exact) mass is 437 g/mol. The average molecular weight is 438 g/mol. The summed E-state index contributed by atoms with van der Waals surface area (Å²) >= 11 is 0. The third-order valence-electron chi connectivity index (χ3n) is 11.2. The van der Waals surface area contributed by atoms with Crippen LogP contribution in [0, 0.1) is 34.5 Å². The minimum atomic E-state index is -1.19. The molecule has 12 atom stereocenters. The summed E-state index contributed by atoms with van der Waals surface area (Å²) in [7, 11) is 5.23. The van der Waals surface area contributed by atoms with Gasteiger partial charge in [0.25, 0.3) is 0 Å². The number of hydrogen-bond donors (Lipinski definition) is 3. The molecule has 5 aliphatic carbocycles.